The quantitative estimate of drug-likeness (QED) is 0.474. The molecule has 0 amide bonds. The zero-order valence-corrected chi connectivity index (χ0v) is 15.7. The molecule has 5 rings (SSSR count). The van der Waals surface area contributed by atoms with Crippen molar-refractivity contribution in [2.45, 2.75) is 13.5 Å². The molecule has 0 aliphatic rings. The van der Waals surface area contributed by atoms with E-state index in [4.69, 9.17) is 4.74 Å². The maximum atomic E-state index is 13.2. The largest absolute Gasteiger partial charge is 0.423 e. The van der Waals surface area contributed by atoms with E-state index < -0.39 is 0 Å². The van der Waals surface area contributed by atoms with Crippen LogP contribution in [0.25, 0.3) is 16.8 Å². The molecule has 0 fully saturated rings. The normalized spacial score (nSPS) is 11.2. The number of ether oxygens (including phenoxy) is 1. The van der Waals surface area contributed by atoms with Crippen molar-refractivity contribution in [2.24, 2.45) is 0 Å². The highest BCUT2D eigenvalue weighted by Gasteiger charge is 2.17. The van der Waals surface area contributed by atoms with Crippen LogP contribution in [0.4, 0.5) is 0 Å². The summed E-state index contributed by atoms with van der Waals surface area (Å²) in [5, 5.41) is 4.94. The van der Waals surface area contributed by atoms with Crippen LogP contribution >= 0.6 is 0 Å². The van der Waals surface area contributed by atoms with Gasteiger partial charge in [-0.1, -0.05) is 42.5 Å². The molecule has 7 nitrogen and oxygen atoms in total. The van der Waals surface area contributed by atoms with Crippen LogP contribution in [-0.4, -0.2) is 24.1 Å². The minimum Gasteiger partial charge on any atom is -0.423 e. The number of fused-ring (bicyclic) bond motifs is 3. The lowest BCUT2D eigenvalue weighted by Gasteiger charge is -2.10. The molecule has 0 saturated carbocycles. The van der Waals surface area contributed by atoms with Crippen molar-refractivity contribution in [1.29, 1.82) is 0 Å². The summed E-state index contributed by atoms with van der Waals surface area (Å²) in [6.07, 6.45) is 1.63. The van der Waals surface area contributed by atoms with E-state index in [-0.39, 0.29) is 11.6 Å². The molecule has 5 aromatic rings. The van der Waals surface area contributed by atoms with Gasteiger partial charge in [-0.05, 0) is 42.3 Å². The van der Waals surface area contributed by atoms with Gasteiger partial charge < -0.3 is 4.74 Å². The van der Waals surface area contributed by atoms with Crippen LogP contribution in [0.3, 0.4) is 0 Å². The van der Waals surface area contributed by atoms with Gasteiger partial charge in [0.05, 0.1) is 11.9 Å². The van der Waals surface area contributed by atoms with Gasteiger partial charge in [0.15, 0.2) is 5.65 Å². The van der Waals surface area contributed by atoms with Crippen molar-refractivity contribution in [1.82, 2.24) is 24.1 Å². The molecule has 142 valence electrons. The summed E-state index contributed by atoms with van der Waals surface area (Å²) < 4.78 is 8.97. The Morgan fingerprint density at radius 3 is 2.59 bits per heavy atom. The van der Waals surface area contributed by atoms with E-state index in [1.54, 1.807) is 27.4 Å². The number of nitrogens with zero attached hydrogens (tertiary/aromatic N) is 5. The molecule has 2 aromatic carbocycles. The smallest absolute Gasteiger partial charge is 0.343 e. The zero-order valence-electron chi connectivity index (χ0n) is 15.7. The number of hydrogen-bond acceptors (Lipinski definition) is 5. The molecule has 0 radical (unpaired) electrons. The van der Waals surface area contributed by atoms with Gasteiger partial charge in [-0.3, -0.25) is 9.36 Å². The molecule has 0 bridgehead atoms. The predicted octanol–water partition coefficient (Wildman–Crippen LogP) is 3.59. The third kappa shape index (κ3) is 3.02. The number of hydrogen-bond donors (Lipinski definition) is 0. The van der Waals surface area contributed by atoms with E-state index in [0.717, 1.165) is 11.1 Å². The van der Waals surface area contributed by atoms with Gasteiger partial charge in [0.1, 0.15) is 5.75 Å². The van der Waals surface area contributed by atoms with Crippen LogP contribution in [0, 0.1) is 6.92 Å². The number of aryl methyl sites for hydroxylation is 1. The first kappa shape index (κ1) is 17.1. The number of para-hydroxylation sites is 1. The molecule has 3 aromatic heterocycles. The van der Waals surface area contributed by atoms with Crippen molar-refractivity contribution < 1.29 is 4.74 Å². The lowest BCUT2D eigenvalue weighted by atomic mass is 10.1. The highest BCUT2D eigenvalue weighted by Crippen LogP contribution is 2.20. The fourth-order valence-corrected chi connectivity index (χ4v) is 3.31. The molecular formula is C22H17N5O2. The fraction of sp³-hybridized carbons (Fsp3) is 0.0909. The minimum atomic E-state index is -0.164. The summed E-state index contributed by atoms with van der Waals surface area (Å²) in [6.45, 7) is 2.40. The van der Waals surface area contributed by atoms with Crippen molar-refractivity contribution in [3.8, 4) is 11.8 Å². The van der Waals surface area contributed by atoms with Gasteiger partial charge in [-0.15, -0.1) is 5.10 Å². The molecule has 0 N–H and O–H groups in total. The molecule has 0 aliphatic heterocycles. The molecule has 3 heterocycles. The molecule has 0 atom stereocenters. The zero-order chi connectivity index (χ0) is 19.8. The SMILES string of the molecule is Cc1ccccc1Cn1c(=O)c2cccnc2n2nc(Oc3ccccc3)nc12. The summed E-state index contributed by atoms with van der Waals surface area (Å²) in [7, 11) is 0. The Labute approximate surface area is 165 Å². The van der Waals surface area contributed by atoms with Crippen molar-refractivity contribution in [3.63, 3.8) is 0 Å². The van der Waals surface area contributed by atoms with E-state index in [1.807, 2.05) is 61.5 Å². The second-order valence-corrected chi connectivity index (χ2v) is 6.71. The van der Waals surface area contributed by atoms with Crippen molar-refractivity contribution in [3.05, 3.63) is 94.4 Å². The maximum absolute atomic E-state index is 13.2. The van der Waals surface area contributed by atoms with Crippen LogP contribution in [0.2, 0.25) is 0 Å². The number of pyridine rings is 1. The number of aromatic nitrogens is 5. The summed E-state index contributed by atoms with van der Waals surface area (Å²) >= 11 is 0. The fourth-order valence-electron chi connectivity index (χ4n) is 3.31. The van der Waals surface area contributed by atoms with E-state index in [2.05, 4.69) is 15.1 Å². The van der Waals surface area contributed by atoms with Crippen LogP contribution in [0.1, 0.15) is 11.1 Å². The Morgan fingerprint density at radius 2 is 1.76 bits per heavy atom. The summed E-state index contributed by atoms with van der Waals surface area (Å²) in [5.74, 6) is 1.00. The van der Waals surface area contributed by atoms with Gasteiger partial charge in [-0.25, -0.2) is 4.98 Å². The van der Waals surface area contributed by atoms with E-state index in [9.17, 15) is 4.79 Å². The van der Waals surface area contributed by atoms with Crippen molar-refractivity contribution in [2.75, 3.05) is 0 Å². The lowest BCUT2D eigenvalue weighted by molar-refractivity contribution is 0.443. The average molecular weight is 383 g/mol. The predicted molar refractivity (Wildman–Crippen MR) is 109 cm³/mol. The molecule has 0 spiro atoms. The lowest BCUT2D eigenvalue weighted by Crippen LogP contribution is -2.24. The highest BCUT2D eigenvalue weighted by atomic mass is 16.5. The standard InChI is InChI=1S/C22H17N5O2/c1-15-8-5-6-9-16(15)14-26-20(28)18-12-7-13-23-19(18)27-22(26)24-21(25-27)29-17-10-3-2-4-11-17/h2-13H,14H2,1H3. The number of rotatable bonds is 4. The van der Waals surface area contributed by atoms with Gasteiger partial charge in [0, 0.05) is 6.20 Å². The first-order valence-electron chi connectivity index (χ1n) is 9.22. The number of benzene rings is 2. The van der Waals surface area contributed by atoms with Crippen LogP contribution in [-0.2, 0) is 6.54 Å². The highest BCUT2D eigenvalue weighted by molar-refractivity contribution is 5.75. The minimum absolute atomic E-state index is 0.160. The van der Waals surface area contributed by atoms with Gasteiger partial charge in [0.2, 0.25) is 5.78 Å². The maximum Gasteiger partial charge on any atom is 0.343 e. The average Bonchev–Trinajstić information content (AvgIpc) is 3.17. The molecule has 29 heavy (non-hydrogen) atoms. The molecule has 0 aliphatic carbocycles. The third-order valence-electron chi connectivity index (χ3n) is 4.82. The van der Waals surface area contributed by atoms with Crippen molar-refractivity contribution >= 4 is 16.8 Å². The van der Waals surface area contributed by atoms with Crippen LogP contribution < -0.4 is 10.3 Å². The molecule has 0 saturated heterocycles. The molecular weight excluding hydrogens is 366 g/mol. The van der Waals surface area contributed by atoms with E-state index in [0.29, 0.717) is 29.1 Å². The second-order valence-electron chi connectivity index (χ2n) is 6.71. The molecule has 7 heteroatoms. The van der Waals surface area contributed by atoms with Crippen LogP contribution in [0.5, 0.6) is 11.8 Å². The van der Waals surface area contributed by atoms with Gasteiger partial charge >= 0.3 is 6.01 Å². The van der Waals surface area contributed by atoms with Gasteiger partial charge in [-0.2, -0.15) is 9.50 Å². The Kier molecular flexibility index (Phi) is 4.05. The molecule has 0 unspecified atom stereocenters. The van der Waals surface area contributed by atoms with E-state index in [1.165, 1.54) is 0 Å². The third-order valence-corrected chi connectivity index (χ3v) is 4.82. The summed E-state index contributed by atoms with van der Waals surface area (Å²) in [4.78, 5) is 22.1. The summed E-state index contributed by atoms with van der Waals surface area (Å²) in [5.41, 5.74) is 2.42. The Balaban J connectivity index is 1.73. The first-order chi connectivity index (χ1) is 14.2. The summed E-state index contributed by atoms with van der Waals surface area (Å²) in [6, 6.07) is 20.9. The van der Waals surface area contributed by atoms with Crippen LogP contribution in [0.15, 0.2) is 77.7 Å². The van der Waals surface area contributed by atoms with E-state index >= 15 is 0 Å². The Bertz CT molecular complexity index is 1390. The van der Waals surface area contributed by atoms with Gasteiger partial charge in [0.25, 0.3) is 5.56 Å². The Hall–Kier alpha value is -4.00. The topological polar surface area (TPSA) is 74.3 Å². The first-order valence-corrected chi connectivity index (χ1v) is 9.22. The monoisotopic (exact) mass is 383 g/mol. The Morgan fingerprint density at radius 1 is 0.966 bits per heavy atom. The second kappa shape index (κ2) is 6.87.